The zero-order valence-electron chi connectivity index (χ0n) is 14.7. The summed E-state index contributed by atoms with van der Waals surface area (Å²) in [6, 6.07) is 9.77. The molecule has 0 unspecified atom stereocenters. The highest BCUT2D eigenvalue weighted by Crippen LogP contribution is 2.32. The summed E-state index contributed by atoms with van der Waals surface area (Å²) in [6.45, 7) is 3.60. The molecule has 1 aliphatic heterocycles. The largest absolute Gasteiger partial charge is 0.337 e. The number of carbonyl (C=O) groups is 1. The van der Waals surface area contributed by atoms with E-state index in [9.17, 15) is 4.79 Å². The van der Waals surface area contributed by atoms with Crippen molar-refractivity contribution in [3.63, 3.8) is 0 Å². The quantitative estimate of drug-likeness (QED) is 0.753. The van der Waals surface area contributed by atoms with Crippen molar-refractivity contribution >= 4 is 28.4 Å². The molecule has 3 aromatic rings. The average molecular weight is 369 g/mol. The molecule has 0 aliphatic carbocycles. The number of pyridine rings is 1. The predicted octanol–water partition coefficient (Wildman–Crippen LogP) is 4.19. The fourth-order valence-electron chi connectivity index (χ4n) is 3.75. The van der Waals surface area contributed by atoms with Crippen molar-refractivity contribution in [3.8, 4) is 0 Å². The van der Waals surface area contributed by atoms with Crippen LogP contribution in [-0.2, 0) is 6.42 Å². The molecule has 5 nitrogen and oxygen atoms in total. The molecule has 134 valence electrons. The third-order valence-electron chi connectivity index (χ3n) is 5.22. The van der Waals surface area contributed by atoms with Gasteiger partial charge in [-0.1, -0.05) is 36.7 Å². The lowest BCUT2D eigenvalue weighted by Gasteiger charge is -2.31. The molecular formula is C20H21ClN4O. The Morgan fingerprint density at radius 1 is 1.27 bits per heavy atom. The van der Waals surface area contributed by atoms with Crippen LogP contribution in [0.2, 0.25) is 5.02 Å². The number of hydrogen-bond donors (Lipinski definition) is 1. The van der Waals surface area contributed by atoms with E-state index in [0.29, 0.717) is 16.6 Å². The van der Waals surface area contributed by atoms with Crippen molar-refractivity contribution in [2.24, 2.45) is 0 Å². The van der Waals surface area contributed by atoms with Crippen LogP contribution >= 0.6 is 11.6 Å². The molecule has 0 bridgehead atoms. The summed E-state index contributed by atoms with van der Waals surface area (Å²) in [4.78, 5) is 18.6. The van der Waals surface area contributed by atoms with E-state index in [1.807, 2.05) is 4.90 Å². The number of aromatic amines is 1. The number of H-pyrrole nitrogens is 1. The minimum atomic E-state index is -0.0251. The maximum Gasteiger partial charge on any atom is 0.272 e. The molecule has 1 amide bonds. The van der Waals surface area contributed by atoms with Gasteiger partial charge in [-0.05, 0) is 37.0 Å². The van der Waals surface area contributed by atoms with E-state index in [-0.39, 0.29) is 5.91 Å². The molecule has 0 atom stereocenters. The van der Waals surface area contributed by atoms with Gasteiger partial charge in [-0.25, -0.2) is 4.98 Å². The number of nitrogens with zero attached hydrogens (tertiary/aromatic N) is 3. The zero-order chi connectivity index (χ0) is 18.1. The molecular weight excluding hydrogens is 348 g/mol. The van der Waals surface area contributed by atoms with Gasteiger partial charge in [0.2, 0.25) is 0 Å². The van der Waals surface area contributed by atoms with Crippen molar-refractivity contribution in [1.29, 1.82) is 0 Å². The SMILES string of the molecule is CCc1cccc2c(C3CCN(C(=O)c4ccc(Cl)cn4)CC3)[nH]nc12. The summed E-state index contributed by atoms with van der Waals surface area (Å²) in [5.74, 6) is 0.372. The van der Waals surface area contributed by atoms with Crippen molar-refractivity contribution in [2.75, 3.05) is 13.1 Å². The third kappa shape index (κ3) is 3.07. The fraction of sp³-hybridized carbons (Fsp3) is 0.350. The highest BCUT2D eigenvalue weighted by atomic mass is 35.5. The number of likely N-dealkylation sites (tertiary alicyclic amines) is 1. The summed E-state index contributed by atoms with van der Waals surface area (Å²) in [6.07, 6.45) is 4.34. The fourth-order valence-corrected chi connectivity index (χ4v) is 3.86. The Morgan fingerprint density at radius 2 is 2.08 bits per heavy atom. The Labute approximate surface area is 157 Å². The summed E-state index contributed by atoms with van der Waals surface area (Å²) < 4.78 is 0. The number of hydrogen-bond acceptors (Lipinski definition) is 3. The lowest BCUT2D eigenvalue weighted by molar-refractivity contribution is 0.0706. The number of halogens is 1. The van der Waals surface area contributed by atoms with Crippen LogP contribution in [0.5, 0.6) is 0 Å². The van der Waals surface area contributed by atoms with Crippen LogP contribution in [0, 0.1) is 0 Å². The minimum Gasteiger partial charge on any atom is -0.337 e. The molecule has 26 heavy (non-hydrogen) atoms. The van der Waals surface area contributed by atoms with Crippen LogP contribution < -0.4 is 0 Å². The number of aryl methyl sites for hydroxylation is 1. The highest BCUT2D eigenvalue weighted by molar-refractivity contribution is 6.30. The van der Waals surface area contributed by atoms with Crippen LogP contribution in [0.3, 0.4) is 0 Å². The van der Waals surface area contributed by atoms with Gasteiger partial charge in [-0.15, -0.1) is 0 Å². The van der Waals surface area contributed by atoms with Crippen molar-refractivity contribution in [1.82, 2.24) is 20.1 Å². The first-order valence-electron chi connectivity index (χ1n) is 9.04. The van der Waals surface area contributed by atoms with Crippen LogP contribution in [0.4, 0.5) is 0 Å². The van der Waals surface area contributed by atoms with E-state index < -0.39 is 0 Å². The lowest BCUT2D eigenvalue weighted by atomic mass is 9.91. The smallest absolute Gasteiger partial charge is 0.272 e. The molecule has 1 aromatic carbocycles. The Hall–Kier alpha value is -2.40. The van der Waals surface area contributed by atoms with Crippen LogP contribution in [0.15, 0.2) is 36.5 Å². The van der Waals surface area contributed by atoms with Gasteiger partial charge in [0.05, 0.1) is 10.5 Å². The average Bonchev–Trinajstić information content (AvgIpc) is 3.12. The third-order valence-corrected chi connectivity index (χ3v) is 5.44. The van der Waals surface area contributed by atoms with E-state index in [4.69, 9.17) is 11.6 Å². The summed E-state index contributed by atoms with van der Waals surface area (Å²) in [5.41, 5.74) is 4.00. The molecule has 1 fully saturated rings. The first kappa shape index (κ1) is 17.0. The molecule has 1 aliphatic rings. The number of carbonyl (C=O) groups excluding carboxylic acids is 1. The minimum absolute atomic E-state index is 0.0251. The van der Waals surface area contributed by atoms with Gasteiger partial charge in [-0.2, -0.15) is 5.10 Å². The molecule has 0 radical (unpaired) electrons. The summed E-state index contributed by atoms with van der Waals surface area (Å²) >= 11 is 5.85. The van der Waals surface area contributed by atoms with Gasteiger partial charge >= 0.3 is 0 Å². The topological polar surface area (TPSA) is 61.9 Å². The van der Waals surface area contributed by atoms with Gasteiger partial charge in [0.1, 0.15) is 5.69 Å². The molecule has 3 heterocycles. The van der Waals surface area contributed by atoms with E-state index in [2.05, 4.69) is 40.3 Å². The Kier molecular flexibility index (Phi) is 4.64. The van der Waals surface area contributed by atoms with E-state index in [1.165, 1.54) is 22.8 Å². The number of amides is 1. The van der Waals surface area contributed by atoms with Gasteiger partial charge in [0.15, 0.2) is 0 Å². The molecule has 1 N–H and O–H groups in total. The highest BCUT2D eigenvalue weighted by Gasteiger charge is 2.27. The number of aromatic nitrogens is 3. The maximum absolute atomic E-state index is 12.6. The standard InChI is InChI=1S/C20H21ClN4O/c1-2-13-4-3-5-16-18(13)23-24-19(16)14-8-10-25(11-9-14)20(26)17-7-6-15(21)12-22-17/h3-7,12,14H,2,8-11H2,1H3,(H,23,24). The molecule has 6 heteroatoms. The van der Waals surface area contributed by atoms with Crippen molar-refractivity contribution in [3.05, 3.63) is 58.5 Å². The van der Waals surface area contributed by atoms with E-state index in [0.717, 1.165) is 37.9 Å². The Morgan fingerprint density at radius 3 is 2.77 bits per heavy atom. The number of benzene rings is 1. The number of para-hydroxylation sites is 1. The molecule has 4 rings (SSSR count). The van der Waals surface area contributed by atoms with Crippen molar-refractivity contribution in [2.45, 2.75) is 32.1 Å². The molecule has 0 saturated carbocycles. The predicted molar refractivity (Wildman–Crippen MR) is 103 cm³/mol. The van der Waals surface area contributed by atoms with Gasteiger partial charge in [0.25, 0.3) is 5.91 Å². The monoisotopic (exact) mass is 368 g/mol. The van der Waals surface area contributed by atoms with Crippen LogP contribution in [-0.4, -0.2) is 39.1 Å². The number of fused-ring (bicyclic) bond motifs is 1. The van der Waals surface area contributed by atoms with Crippen molar-refractivity contribution < 1.29 is 4.79 Å². The second-order valence-electron chi connectivity index (χ2n) is 6.73. The molecule has 2 aromatic heterocycles. The molecule has 1 saturated heterocycles. The van der Waals surface area contributed by atoms with E-state index >= 15 is 0 Å². The summed E-state index contributed by atoms with van der Waals surface area (Å²) in [5, 5.41) is 9.56. The van der Waals surface area contributed by atoms with Gasteiger partial charge in [0, 0.05) is 36.3 Å². The lowest BCUT2D eigenvalue weighted by Crippen LogP contribution is -2.38. The maximum atomic E-state index is 12.6. The number of rotatable bonds is 3. The van der Waals surface area contributed by atoms with E-state index in [1.54, 1.807) is 12.1 Å². The molecule has 0 spiro atoms. The normalized spacial score (nSPS) is 15.5. The second kappa shape index (κ2) is 7.08. The first-order chi connectivity index (χ1) is 12.7. The summed E-state index contributed by atoms with van der Waals surface area (Å²) in [7, 11) is 0. The van der Waals surface area contributed by atoms with Gasteiger partial charge < -0.3 is 4.90 Å². The van der Waals surface area contributed by atoms with Crippen LogP contribution in [0.25, 0.3) is 10.9 Å². The Balaban J connectivity index is 1.49. The zero-order valence-corrected chi connectivity index (χ0v) is 15.5. The second-order valence-corrected chi connectivity index (χ2v) is 7.17. The number of piperidine rings is 1. The van der Waals surface area contributed by atoms with Gasteiger partial charge in [-0.3, -0.25) is 9.89 Å². The van der Waals surface area contributed by atoms with Crippen LogP contribution in [0.1, 0.15) is 47.4 Å². The Bertz CT molecular complexity index is 927. The first-order valence-corrected chi connectivity index (χ1v) is 9.42. The number of nitrogens with one attached hydrogen (secondary N) is 1.